The van der Waals surface area contributed by atoms with E-state index in [0.29, 0.717) is 0 Å². The minimum atomic E-state index is 1.11. The first-order valence-electron chi connectivity index (χ1n) is 9.96. The zero-order valence-corrected chi connectivity index (χ0v) is 15.9. The smallest absolute Gasteiger partial charge is 0.0470 e. The molecule has 1 N–H and O–H groups in total. The fourth-order valence-electron chi connectivity index (χ4n) is 4.39. The van der Waals surface area contributed by atoms with Gasteiger partial charge in [0.25, 0.3) is 0 Å². The second kappa shape index (κ2) is 6.35. The molecule has 6 rings (SSSR count). The van der Waals surface area contributed by atoms with Crippen molar-refractivity contribution in [2.24, 2.45) is 0 Å². The van der Waals surface area contributed by atoms with Crippen LogP contribution in [0.4, 0.5) is 11.4 Å². The number of hydrogen-bond donors (Lipinski definition) is 1. The van der Waals surface area contributed by atoms with E-state index in [4.69, 9.17) is 0 Å². The molecule has 6 aromatic carbocycles. The zero-order chi connectivity index (χ0) is 19.2. The van der Waals surface area contributed by atoms with Crippen LogP contribution in [0.3, 0.4) is 0 Å². The molecule has 0 aliphatic carbocycles. The maximum absolute atomic E-state index is 3.70. The van der Waals surface area contributed by atoms with Gasteiger partial charge < -0.3 is 5.32 Å². The van der Waals surface area contributed by atoms with Crippen LogP contribution in [-0.2, 0) is 0 Å². The van der Waals surface area contributed by atoms with Gasteiger partial charge in [-0.05, 0) is 55.9 Å². The summed E-state index contributed by atoms with van der Waals surface area (Å²) in [6.45, 7) is 0. The van der Waals surface area contributed by atoms with E-state index in [0.717, 1.165) is 11.4 Å². The average molecular weight is 369 g/mol. The van der Waals surface area contributed by atoms with Crippen LogP contribution in [0.15, 0.2) is 109 Å². The van der Waals surface area contributed by atoms with Crippen molar-refractivity contribution in [3.8, 4) is 0 Å². The molecule has 136 valence electrons. The van der Waals surface area contributed by atoms with Gasteiger partial charge in [-0.25, -0.2) is 0 Å². The van der Waals surface area contributed by atoms with Crippen LogP contribution in [0.25, 0.3) is 43.1 Å². The topological polar surface area (TPSA) is 12.0 Å². The summed E-state index contributed by atoms with van der Waals surface area (Å²) in [4.78, 5) is 0. The molecule has 0 amide bonds. The number of nitrogens with one attached hydrogen (secondary N) is 1. The normalized spacial score (nSPS) is 11.4. The third kappa shape index (κ3) is 2.63. The van der Waals surface area contributed by atoms with Gasteiger partial charge >= 0.3 is 0 Å². The van der Waals surface area contributed by atoms with E-state index in [1.165, 1.54) is 43.1 Å². The molecule has 0 aliphatic heterocycles. The molecule has 0 saturated carbocycles. The van der Waals surface area contributed by atoms with Gasteiger partial charge in [0.05, 0.1) is 0 Å². The average Bonchev–Trinajstić information content (AvgIpc) is 2.79. The van der Waals surface area contributed by atoms with Gasteiger partial charge in [0.15, 0.2) is 0 Å². The second-order valence-corrected chi connectivity index (χ2v) is 7.54. The molecule has 0 unspecified atom stereocenters. The Kier molecular flexibility index (Phi) is 3.54. The molecule has 6 aromatic rings. The summed E-state index contributed by atoms with van der Waals surface area (Å²) in [5, 5.41) is 13.9. The van der Waals surface area contributed by atoms with Gasteiger partial charge in [0.1, 0.15) is 0 Å². The molecule has 0 heterocycles. The van der Waals surface area contributed by atoms with E-state index in [2.05, 4.69) is 115 Å². The lowest BCUT2D eigenvalue weighted by Crippen LogP contribution is -1.93. The summed E-state index contributed by atoms with van der Waals surface area (Å²) in [6, 6.07) is 39.1. The maximum Gasteiger partial charge on any atom is 0.0470 e. The fourth-order valence-corrected chi connectivity index (χ4v) is 4.39. The van der Waals surface area contributed by atoms with E-state index in [9.17, 15) is 0 Å². The summed E-state index contributed by atoms with van der Waals surface area (Å²) >= 11 is 0. The highest BCUT2D eigenvalue weighted by atomic mass is 14.9. The molecule has 0 bridgehead atoms. The van der Waals surface area contributed by atoms with Crippen LogP contribution < -0.4 is 5.32 Å². The van der Waals surface area contributed by atoms with Crippen molar-refractivity contribution in [1.82, 2.24) is 0 Å². The third-order valence-electron chi connectivity index (χ3n) is 5.79. The van der Waals surface area contributed by atoms with Crippen molar-refractivity contribution in [3.05, 3.63) is 109 Å². The predicted octanol–water partition coefficient (Wildman–Crippen LogP) is 8.04. The van der Waals surface area contributed by atoms with Crippen molar-refractivity contribution < 1.29 is 0 Å². The Labute approximate surface area is 169 Å². The van der Waals surface area contributed by atoms with Gasteiger partial charge in [-0.2, -0.15) is 0 Å². The molecule has 1 nitrogen and oxygen atoms in total. The highest BCUT2D eigenvalue weighted by Crippen LogP contribution is 2.35. The lowest BCUT2D eigenvalue weighted by atomic mass is 9.99. The summed E-state index contributed by atoms with van der Waals surface area (Å²) in [5.41, 5.74) is 2.24. The SMILES string of the molecule is c1ccc2c(c1)ccc1ccc(Nc3cc4ccccc4c4ccccc34)cc12. The minimum Gasteiger partial charge on any atom is -0.355 e. The quantitative estimate of drug-likeness (QED) is 0.304. The molecular weight excluding hydrogens is 350 g/mol. The van der Waals surface area contributed by atoms with E-state index in [-0.39, 0.29) is 0 Å². The molecule has 0 aromatic heterocycles. The van der Waals surface area contributed by atoms with Crippen molar-refractivity contribution in [1.29, 1.82) is 0 Å². The molecule has 0 radical (unpaired) electrons. The summed E-state index contributed by atoms with van der Waals surface area (Å²) in [7, 11) is 0. The number of hydrogen-bond acceptors (Lipinski definition) is 1. The Morgan fingerprint density at radius 1 is 0.379 bits per heavy atom. The van der Waals surface area contributed by atoms with Crippen molar-refractivity contribution in [3.63, 3.8) is 0 Å². The molecule has 1 heteroatoms. The van der Waals surface area contributed by atoms with Gasteiger partial charge in [0, 0.05) is 16.8 Å². The number of benzene rings is 6. The van der Waals surface area contributed by atoms with E-state index < -0.39 is 0 Å². The van der Waals surface area contributed by atoms with Gasteiger partial charge in [-0.3, -0.25) is 0 Å². The summed E-state index contributed by atoms with van der Waals surface area (Å²) in [5.74, 6) is 0. The highest BCUT2D eigenvalue weighted by Gasteiger charge is 2.07. The van der Waals surface area contributed by atoms with E-state index >= 15 is 0 Å². The summed E-state index contributed by atoms with van der Waals surface area (Å²) < 4.78 is 0. The van der Waals surface area contributed by atoms with E-state index in [1.807, 2.05) is 0 Å². The first-order chi connectivity index (χ1) is 14.4. The molecular formula is C28H19N. The Morgan fingerprint density at radius 2 is 0.931 bits per heavy atom. The first-order valence-corrected chi connectivity index (χ1v) is 9.96. The Balaban J connectivity index is 1.56. The number of anilines is 2. The third-order valence-corrected chi connectivity index (χ3v) is 5.79. The maximum atomic E-state index is 3.70. The highest BCUT2D eigenvalue weighted by molar-refractivity contribution is 6.14. The van der Waals surface area contributed by atoms with Crippen LogP contribution in [0.1, 0.15) is 0 Å². The molecule has 0 saturated heterocycles. The standard InChI is InChI=1S/C28H19N/c1-3-9-23-19(7-1)13-14-20-15-16-22(18-27(20)23)29-28-17-21-8-2-4-10-24(21)25-11-5-6-12-26(25)28/h1-18,29H. The van der Waals surface area contributed by atoms with Crippen molar-refractivity contribution in [2.45, 2.75) is 0 Å². The summed E-state index contributed by atoms with van der Waals surface area (Å²) in [6.07, 6.45) is 0. The molecule has 0 aliphatic rings. The fraction of sp³-hybridized carbons (Fsp3) is 0. The molecule has 0 spiro atoms. The lowest BCUT2D eigenvalue weighted by molar-refractivity contribution is 1.62. The predicted molar refractivity (Wildman–Crippen MR) is 126 cm³/mol. The van der Waals surface area contributed by atoms with E-state index in [1.54, 1.807) is 0 Å². The minimum absolute atomic E-state index is 1.11. The second-order valence-electron chi connectivity index (χ2n) is 7.54. The van der Waals surface area contributed by atoms with Crippen LogP contribution in [-0.4, -0.2) is 0 Å². The van der Waals surface area contributed by atoms with Gasteiger partial charge in [-0.1, -0.05) is 91.0 Å². The molecule has 0 atom stereocenters. The van der Waals surface area contributed by atoms with Crippen molar-refractivity contribution in [2.75, 3.05) is 5.32 Å². The number of rotatable bonds is 2. The Morgan fingerprint density at radius 3 is 1.72 bits per heavy atom. The van der Waals surface area contributed by atoms with Crippen LogP contribution in [0.2, 0.25) is 0 Å². The largest absolute Gasteiger partial charge is 0.355 e. The zero-order valence-electron chi connectivity index (χ0n) is 15.9. The monoisotopic (exact) mass is 369 g/mol. The Hall–Kier alpha value is -3.84. The van der Waals surface area contributed by atoms with Crippen LogP contribution in [0.5, 0.6) is 0 Å². The van der Waals surface area contributed by atoms with Crippen LogP contribution in [0, 0.1) is 0 Å². The Bertz CT molecular complexity index is 1530. The van der Waals surface area contributed by atoms with Crippen LogP contribution >= 0.6 is 0 Å². The molecule has 29 heavy (non-hydrogen) atoms. The lowest BCUT2D eigenvalue weighted by Gasteiger charge is -2.14. The van der Waals surface area contributed by atoms with Gasteiger partial charge in [0.2, 0.25) is 0 Å². The number of fused-ring (bicyclic) bond motifs is 6. The molecule has 0 fully saturated rings. The van der Waals surface area contributed by atoms with Gasteiger partial charge in [-0.15, -0.1) is 0 Å². The van der Waals surface area contributed by atoms with Crippen molar-refractivity contribution >= 4 is 54.5 Å². The first kappa shape index (κ1) is 16.1.